The molecule has 0 unspecified atom stereocenters. The first-order valence-electron chi connectivity index (χ1n) is 5.87. The molecular formula is C12H14ClN5O2S. The van der Waals surface area contributed by atoms with Crippen LogP contribution in [0.25, 0.3) is 0 Å². The highest BCUT2D eigenvalue weighted by molar-refractivity contribution is 7.93. The quantitative estimate of drug-likeness (QED) is 0.827. The maximum absolute atomic E-state index is 12.5. The maximum atomic E-state index is 12.5. The van der Waals surface area contributed by atoms with E-state index < -0.39 is 10.0 Å². The van der Waals surface area contributed by atoms with Gasteiger partial charge in [-0.3, -0.25) is 0 Å². The van der Waals surface area contributed by atoms with Crippen molar-refractivity contribution < 1.29 is 8.42 Å². The Balaban J connectivity index is 2.54. The van der Waals surface area contributed by atoms with Crippen LogP contribution in [0.2, 0.25) is 5.02 Å². The van der Waals surface area contributed by atoms with Crippen LogP contribution < -0.4 is 15.4 Å². The van der Waals surface area contributed by atoms with Crippen LogP contribution in [0.4, 0.5) is 17.3 Å². The van der Waals surface area contributed by atoms with E-state index in [0.717, 1.165) is 0 Å². The minimum Gasteiger partial charge on any atom is -0.399 e. The van der Waals surface area contributed by atoms with Crippen molar-refractivity contribution in [3.63, 3.8) is 0 Å². The fourth-order valence-corrected chi connectivity index (χ4v) is 3.53. The summed E-state index contributed by atoms with van der Waals surface area (Å²) in [6.45, 7) is 0. The fraction of sp³-hybridized carbons (Fsp3) is 0.167. The van der Waals surface area contributed by atoms with Gasteiger partial charge in [-0.2, -0.15) is 0 Å². The summed E-state index contributed by atoms with van der Waals surface area (Å²) >= 11 is 6.06. The lowest BCUT2D eigenvalue weighted by molar-refractivity contribution is 0.601. The van der Waals surface area contributed by atoms with Crippen LogP contribution in [0.1, 0.15) is 0 Å². The van der Waals surface area contributed by atoms with E-state index in [-0.39, 0.29) is 15.9 Å². The Labute approximate surface area is 127 Å². The third-order valence-corrected chi connectivity index (χ3v) is 4.42. The van der Waals surface area contributed by atoms with E-state index in [0.29, 0.717) is 11.4 Å². The van der Waals surface area contributed by atoms with Crippen LogP contribution in [-0.4, -0.2) is 32.5 Å². The minimum absolute atomic E-state index is 0.0298. The molecule has 0 atom stereocenters. The lowest BCUT2D eigenvalue weighted by Gasteiger charge is -2.19. The summed E-state index contributed by atoms with van der Waals surface area (Å²) in [5.41, 5.74) is 6.46. The van der Waals surface area contributed by atoms with E-state index in [1.807, 2.05) is 0 Å². The summed E-state index contributed by atoms with van der Waals surface area (Å²) in [7, 11) is -0.545. The summed E-state index contributed by atoms with van der Waals surface area (Å²) < 4.78 is 27.3. The Morgan fingerprint density at radius 1 is 1.24 bits per heavy atom. The molecule has 7 nitrogen and oxygen atoms in total. The topological polar surface area (TPSA) is 101 Å². The van der Waals surface area contributed by atoms with Gasteiger partial charge in [0, 0.05) is 32.2 Å². The Morgan fingerprint density at radius 2 is 1.86 bits per heavy atom. The van der Waals surface area contributed by atoms with E-state index in [4.69, 9.17) is 17.3 Å². The number of hydrogen-bond donors (Lipinski definition) is 2. The van der Waals surface area contributed by atoms with Gasteiger partial charge in [-0.25, -0.2) is 23.1 Å². The average molecular weight is 328 g/mol. The Morgan fingerprint density at radius 3 is 2.43 bits per heavy atom. The molecule has 1 heterocycles. The Hall–Kier alpha value is -2.06. The van der Waals surface area contributed by atoms with E-state index in [1.54, 1.807) is 25.1 Å². The highest BCUT2D eigenvalue weighted by Crippen LogP contribution is 2.34. The van der Waals surface area contributed by atoms with Crippen molar-refractivity contribution in [3.05, 3.63) is 35.6 Å². The number of anilines is 3. The van der Waals surface area contributed by atoms with Crippen LogP contribution in [0, 0.1) is 0 Å². The third kappa shape index (κ3) is 3.34. The first kappa shape index (κ1) is 15.3. The predicted octanol–water partition coefficient (Wildman–Crippen LogP) is 1.58. The molecule has 0 radical (unpaired) electrons. The van der Waals surface area contributed by atoms with Gasteiger partial charge in [-0.15, -0.1) is 0 Å². The summed E-state index contributed by atoms with van der Waals surface area (Å²) in [6.07, 6.45) is 2.87. The van der Waals surface area contributed by atoms with Gasteiger partial charge < -0.3 is 10.6 Å². The molecule has 9 heteroatoms. The minimum atomic E-state index is -3.94. The first-order chi connectivity index (χ1) is 9.81. The second-order valence-electron chi connectivity index (χ2n) is 4.42. The number of rotatable bonds is 4. The molecule has 2 aromatic rings. The molecule has 0 spiro atoms. The molecule has 0 aliphatic rings. The number of nitrogens with two attached hydrogens (primary N) is 1. The molecule has 112 valence electrons. The van der Waals surface area contributed by atoms with Crippen molar-refractivity contribution in [1.82, 2.24) is 9.97 Å². The lowest BCUT2D eigenvalue weighted by atomic mass is 10.2. The number of nitrogen functional groups attached to an aromatic ring is 1. The normalized spacial score (nSPS) is 11.2. The van der Waals surface area contributed by atoms with Gasteiger partial charge in [0.1, 0.15) is 4.90 Å². The summed E-state index contributed by atoms with van der Waals surface area (Å²) in [6, 6.07) is 4.50. The molecule has 3 N–H and O–H groups in total. The van der Waals surface area contributed by atoms with Crippen LogP contribution in [0.3, 0.4) is 0 Å². The molecule has 0 saturated carbocycles. The van der Waals surface area contributed by atoms with Gasteiger partial charge in [-0.05, 0) is 18.2 Å². The van der Waals surface area contributed by atoms with Crippen LogP contribution in [0.5, 0.6) is 0 Å². The number of aromatic nitrogens is 2. The standard InChI is InChI=1S/C12H14ClN5O2S/c1-18(2)10-7-8(14)6-9(13)11(10)21(19,20)17-12-15-4-3-5-16-12/h3-7H,14H2,1-2H3,(H,15,16,17). The highest BCUT2D eigenvalue weighted by Gasteiger charge is 2.25. The Bertz CT molecular complexity index is 750. The number of nitrogens with one attached hydrogen (secondary N) is 1. The number of benzene rings is 1. The number of hydrogen-bond acceptors (Lipinski definition) is 6. The van der Waals surface area contributed by atoms with Gasteiger partial charge in [0.15, 0.2) is 0 Å². The zero-order valence-corrected chi connectivity index (χ0v) is 13.0. The summed E-state index contributed by atoms with van der Waals surface area (Å²) in [5.74, 6) is -0.0323. The monoisotopic (exact) mass is 327 g/mol. The molecule has 0 bridgehead atoms. The van der Waals surface area contributed by atoms with Gasteiger partial charge in [0.25, 0.3) is 10.0 Å². The molecule has 1 aromatic carbocycles. The SMILES string of the molecule is CN(C)c1cc(N)cc(Cl)c1S(=O)(=O)Nc1ncccn1. The zero-order valence-electron chi connectivity index (χ0n) is 11.4. The molecule has 0 fully saturated rings. The number of nitrogens with zero attached hydrogens (tertiary/aromatic N) is 3. The van der Waals surface area contributed by atoms with Gasteiger partial charge in [-0.1, -0.05) is 11.6 Å². The fourth-order valence-electron chi connectivity index (χ4n) is 1.72. The van der Waals surface area contributed by atoms with Gasteiger partial charge in [0.05, 0.1) is 10.7 Å². The van der Waals surface area contributed by atoms with Gasteiger partial charge >= 0.3 is 0 Å². The maximum Gasteiger partial charge on any atom is 0.267 e. The van der Waals surface area contributed by atoms with E-state index in [1.165, 1.54) is 24.5 Å². The summed E-state index contributed by atoms with van der Waals surface area (Å²) in [5, 5.41) is 0.0298. The summed E-state index contributed by atoms with van der Waals surface area (Å²) in [4.78, 5) is 9.20. The third-order valence-electron chi connectivity index (χ3n) is 2.59. The molecule has 1 aromatic heterocycles. The smallest absolute Gasteiger partial charge is 0.267 e. The number of sulfonamides is 1. The largest absolute Gasteiger partial charge is 0.399 e. The van der Waals surface area contributed by atoms with E-state index in [2.05, 4.69) is 14.7 Å². The number of halogens is 1. The molecule has 0 aliphatic heterocycles. The van der Waals surface area contributed by atoms with Crippen molar-refractivity contribution in [2.45, 2.75) is 4.90 Å². The van der Waals surface area contributed by atoms with Crippen LogP contribution >= 0.6 is 11.6 Å². The van der Waals surface area contributed by atoms with E-state index in [9.17, 15) is 8.42 Å². The molecule has 0 amide bonds. The molecule has 0 saturated heterocycles. The second-order valence-corrected chi connectivity index (χ2v) is 6.45. The van der Waals surface area contributed by atoms with E-state index >= 15 is 0 Å². The molecular weight excluding hydrogens is 314 g/mol. The second kappa shape index (κ2) is 5.74. The molecule has 21 heavy (non-hydrogen) atoms. The van der Waals surface area contributed by atoms with Crippen LogP contribution in [0.15, 0.2) is 35.5 Å². The highest BCUT2D eigenvalue weighted by atomic mass is 35.5. The predicted molar refractivity (Wildman–Crippen MR) is 83.0 cm³/mol. The van der Waals surface area contributed by atoms with Crippen molar-refractivity contribution in [2.24, 2.45) is 0 Å². The van der Waals surface area contributed by atoms with Crippen molar-refractivity contribution in [2.75, 3.05) is 29.5 Å². The first-order valence-corrected chi connectivity index (χ1v) is 7.73. The lowest BCUT2D eigenvalue weighted by Crippen LogP contribution is -2.20. The molecule has 2 rings (SSSR count). The Kier molecular flexibility index (Phi) is 4.19. The van der Waals surface area contributed by atoms with Gasteiger partial charge in [0.2, 0.25) is 5.95 Å². The van der Waals surface area contributed by atoms with Crippen LogP contribution in [-0.2, 0) is 10.0 Å². The average Bonchev–Trinajstić information content (AvgIpc) is 2.37. The zero-order chi connectivity index (χ0) is 15.6. The van der Waals surface area contributed by atoms with Crippen molar-refractivity contribution in [3.8, 4) is 0 Å². The van der Waals surface area contributed by atoms with Crippen molar-refractivity contribution >= 4 is 38.9 Å². The van der Waals surface area contributed by atoms with Crippen molar-refractivity contribution in [1.29, 1.82) is 0 Å². The molecule has 0 aliphatic carbocycles.